The Morgan fingerprint density at radius 1 is 1.17 bits per heavy atom. The van der Waals surface area contributed by atoms with Crippen LogP contribution in [0.3, 0.4) is 0 Å². The summed E-state index contributed by atoms with van der Waals surface area (Å²) in [6.07, 6.45) is 1.67. The lowest BCUT2D eigenvalue weighted by atomic mass is 10.0. The van der Waals surface area contributed by atoms with Gasteiger partial charge in [0.25, 0.3) is 5.91 Å². The van der Waals surface area contributed by atoms with E-state index < -0.39 is 21.9 Å². The van der Waals surface area contributed by atoms with Gasteiger partial charge in [0.15, 0.2) is 9.84 Å². The standard InChI is InChI=1S/C14H21N5O4S/c1-16(2)14(21)19-7-6-18(11-8-24(22,23)9-12(11)19)13(20)10-4-5-17(3)15-10/h4-5,11-12H,6-9H2,1-3H3/t11-,12+/m1/s1. The van der Waals surface area contributed by atoms with E-state index in [0.717, 1.165) is 0 Å². The molecule has 1 aromatic heterocycles. The maximum Gasteiger partial charge on any atom is 0.319 e. The van der Waals surface area contributed by atoms with Gasteiger partial charge in [-0.25, -0.2) is 13.2 Å². The summed E-state index contributed by atoms with van der Waals surface area (Å²) >= 11 is 0. The van der Waals surface area contributed by atoms with E-state index in [1.165, 1.54) is 9.58 Å². The van der Waals surface area contributed by atoms with Gasteiger partial charge in [-0.05, 0) is 6.07 Å². The first kappa shape index (κ1) is 16.7. The normalized spacial score (nSPS) is 25.5. The highest BCUT2D eigenvalue weighted by Crippen LogP contribution is 2.28. The molecule has 0 aliphatic carbocycles. The van der Waals surface area contributed by atoms with E-state index in [9.17, 15) is 18.0 Å². The van der Waals surface area contributed by atoms with Crippen LogP contribution in [0.1, 0.15) is 10.5 Å². The van der Waals surface area contributed by atoms with Crippen LogP contribution < -0.4 is 0 Å². The molecule has 0 unspecified atom stereocenters. The third-order valence-electron chi connectivity index (χ3n) is 4.50. The van der Waals surface area contributed by atoms with E-state index >= 15 is 0 Å². The van der Waals surface area contributed by atoms with Crippen molar-refractivity contribution in [2.24, 2.45) is 7.05 Å². The van der Waals surface area contributed by atoms with Gasteiger partial charge >= 0.3 is 6.03 Å². The van der Waals surface area contributed by atoms with Gasteiger partial charge in [-0.3, -0.25) is 9.48 Å². The Balaban J connectivity index is 1.90. The highest BCUT2D eigenvalue weighted by molar-refractivity contribution is 7.91. The summed E-state index contributed by atoms with van der Waals surface area (Å²) in [5, 5.41) is 4.11. The second-order valence-electron chi connectivity index (χ2n) is 6.46. The van der Waals surface area contributed by atoms with Gasteiger partial charge in [0, 0.05) is 40.4 Å². The summed E-state index contributed by atoms with van der Waals surface area (Å²) in [4.78, 5) is 29.6. The number of hydrogen-bond acceptors (Lipinski definition) is 5. The van der Waals surface area contributed by atoms with Crippen LogP contribution in [-0.4, -0.2) is 95.6 Å². The average molecular weight is 355 g/mol. The van der Waals surface area contributed by atoms with Gasteiger partial charge < -0.3 is 14.7 Å². The van der Waals surface area contributed by atoms with Crippen LogP contribution in [0.2, 0.25) is 0 Å². The number of aromatic nitrogens is 2. The number of carbonyl (C=O) groups is 2. The molecule has 10 heteroatoms. The van der Waals surface area contributed by atoms with Gasteiger partial charge in [-0.1, -0.05) is 0 Å². The Hall–Kier alpha value is -2.10. The van der Waals surface area contributed by atoms with Gasteiger partial charge in [0.2, 0.25) is 0 Å². The van der Waals surface area contributed by atoms with Crippen LogP contribution in [0, 0.1) is 0 Å². The number of hydrogen-bond donors (Lipinski definition) is 0. The van der Waals surface area contributed by atoms with Crippen molar-refractivity contribution in [3.05, 3.63) is 18.0 Å². The Morgan fingerprint density at radius 2 is 1.75 bits per heavy atom. The molecule has 2 saturated heterocycles. The molecule has 2 atom stereocenters. The molecular formula is C14H21N5O4S. The molecule has 0 aromatic carbocycles. The maximum absolute atomic E-state index is 12.7. The molecule has 3 amide bonds. The first-order valence-electron chi connectivity index (χ1n) is 7.68. The molecule has 3 rings (SSSR count). The highest BCUT2D eigenvalue weighted by atomic mass is 32.2. The minimum absolute atomic E-state index is 0.108. The van der Waals surface area contributed by atoms with Crippen molar-refractivity contribution in [3.63, 3.8) is 0 Å². The van der Waals surface area contributed by atoms with Crippen LogP contribution in [0.15, 0.2) is 12.3 Å². The zero-order valence-corrected chi connectivity index (χ0v) is 14.7. The second kappa shape index (κ2) is 5.76. The van der Waals surface area contributed by atoms with Crippen LogP contribution in [0.4, 0.5) is 4.79 Å². The molecule has 2 fully saturated rings. The number of rotatable bonds is 1. The number of nitrogens with zero attached hydrogens (tertiary/aromatic N) is 5. The van der Waals surface area contributed by atoms with Crippen LogP contribution in [0.25, 0.3) is 0 Å². The van der Waals surface area contributed by atoms with Gasteiger partial charge in [-0.2, -0.15) is 5.10 Å². The van der Waals surface area contributed by atoms with E-state index in [-0.39, 0.29) is 29.1 Å². The summed E-state index contributed by atoms with van der Waals surface area (Å²) in [5.41, 5.74) is 0.285. The Kier molecular flexibility index (Phi) is 4.02. The summed E-state index contributed by atoms with van der Waals surface area (Å²) in [7, 11) is 1.68. The fraction of sp³-hybridized carbons (Fsp3) is 0.643. The molecule has 2 aliphatic heterocycles. The molecule has 0 radical (unpaired) electrons. The molecule has 0 spiro atoms. The Labute approximate surface area is 140 Å². The van der Waals surface area contributed by atoms with Gasteiger partial charge in [-0.15, -0.1) is 0 Å². The second-order valence-corrected chi connectivity index (χ2v) is 8.61. The highest BCUT2D eigenvalue weighted by Gasteiger charge is 2.50. The van der Waals surface area contributed by atoms with Crippen molar-refractivity contribution in [3.8, 4) is 0 Å². The third-order valence-corrected chi connectivity index (χ3v) is 6.20. The summed E-state index contributed by atoms with van der Waals surface area (Å²) in [6, 6.07) is 0.346. The van der Waals surface area contributed by atoms with E-state index in [0.29, 0.717) is 13.1 Å². The molecule has 0 bridgehead atoms. The zero-order valence-electron chi connectivity index (χ0n) is 13.9. The number of piperazine rings is 1. The number of fused-ring (bicyclic) bond motifs is 1. The molecule has 3 heterocycles. The monoisotopic (exact) mass is 355 g/mol. The number of carbonyl (C=O) groups excluding carboxylic acids is 2. The largest absolute Gasteiger partial charge is 0.331 e. The smallest absolute Gasteiger partial charge is 0.319 e. The predicted molar refractivity (Wildman–Crippen MR) is 86.3 cm³/mol. The number of sulfone groups is 1. The molecule has 0 saturated carbocycles. The average Bonchev–Trinajstić information content (AvgIpc) is 3.06. The Morgan fingerprint density at radius 3 is 2.29 bits per heavy atom. The lowest BCUT2D eigenvalue weighted by Gasteiger charge is -2.44. The van der Waals surface area contributed by atoms with E-state index in [2.05, 4.69) is 5.10 Å². The van der Waals surface area contributed by atoms with Crippen molar-refractivity contribution >= 4 is 21.8 Å². The van der Waals surface area contributed by atoms with Gasteiger partial charge in [0.1, 0.15) is 5.69 Å². The molecule has 2 aliphatic rings. The van der Waals surface area contributed by atoms with Crippen molar-refractivity contribution in [2.75, 3.05) is 38.7 Å². The van der Waals surface area contributed by atoms with Gasteiger partial charge in [0.05, 0.1) is 23.6 Å². The molecule has 24 heavy (non-hydrogen) atoms. The summed E-state index contributed by atoms with van der Waals surface area (Å²) in [6.45, 7) is 0.609. The Bertz CT molecular complexity index is 772. The number of urea groups is 1. The predicted octanol–water partition coefficient (Wildman–Crippen LogP) is -0.975. The fourth-order valence-corrected chi connectivity index (χ4v) is 5.36. The van der Waals surface area contributed by atoms with E-state index in [1.54, 1.807) is 43.2 Å². The SMILES string of the molecule is CN(C)C(=O)N1CCN(C(=O)c2ccn(C)n2)[C@@H]2CS(=O)(=O)C[C@@H]21. The van der Waals surface area contributed by atoms with E-state index in [4.69, 9.17) is 0 Å². The van der Waals surface area contributed by atoms with E-state index in [1.807, 2.05) is 0 Å². The maximum atomic E-state index is 12.7. The first-order valence-corrected chi connectivity index (χ1v) is 9.51. The minimum atomic E-state index is -3.30. The number of amides is 3. The molecular weight excluding hydrogens is 334 g/mol. The quantitative estimate of drug-likeness (QED) is 0.646. The molecule has 1 aromatic rings. The van der Waals surface area contributed by atoms with Crippen LogP contribution in [-0.2, 0) is 16.9 Å². The first-order chi connectivity index (χ1) is 11.2. The van der Waals surface area contributed by atoms with Crippen molar-refractivity contribution in [2.45, 2.75) is 12.1 Å². The molecule has 9 nitrogen and oxygen atoms in total. The summed E-state index contributed by atoms with van der Waals surface area (Å²) < 4.78 is 25.8. The molecule has 132 valence electrons. The van der Waals surface area contributed by atoms with Crippen molar-refractivity contribution in [1.82, 2.24) is 24.5 Å². The third kappa shape index (κ3) is 2.85. The number of aryl methyl sites for hydroxylation is 1. The topological polar surface area (TPSA) is 95.8 Å². The van der Waals surface area contributed by atoms with Crippen molar-refractivity contribution in [1.29, 1.82) is 0 Å². The van der Waals surface area contributed by atoms with Crippen LogP contribution in [0.5, 0.6) is 0 Å². The molecule has 0 N–H and O–H groups in total. The van der Waals surface area contributed by atoms with Crippen LogP contribution >= 0.6 is 0 Å². The minimum Gasteiger partial charge on any atom is -0.331 e. The lowest BCUT2D eigenvalue weighted by molar-refractivity contribution is 0.0388. The van der Waals surface area contributed by atoms with Crippen molar-refractivity contribution < 1.29 is 18.0 Å². The fourth-order valence-electron chi connectivity index (χ4n) is 3.38. The summed E-state index contributed by atoms with van der Waals surface area (Å²) in [5.74, 6) is -0.517. The lowest BCUT2D eigenvalue weighted by Crippen LogP contribution is -2.63. The zero-order chi connectivity index (χ0) is 17.6.